The molecule has 0 fully saturated rings. The number of nitrogens with zero attached hydrogens (tertiary/aromatic N) is 1. The van der Waals surface area contributed by atoms with E-state index >= 15 is 0 Å². The molecule has 1 heterocycles. The van der Waals surface area contributed by atoms with Crippen molar-refractivity contribution in [2.45, 2.75) is 12.8 Å². The highest BCUT2D eigenvalue weighted by molar-refractivity contribution is 9.10. The average Bonchev–Trinajstić information content (AvgIpc) is 2.96. The zero-order valence-corrected chi connectivity index (χ0v) is 13.5. The van der Waals surface area contributed by atoms with Gasteiger partial charge in [-0.2, -0.15) is 0 Å². The Labute approximate surface area is 132 Å². The topological polar surface area (TPSA) is 38.1 Å². The van der Waals surface area contributed by atoms with Gasteiger partial charge in [0.25, 0.3) is 0 Å². The first kappa shape index (κ1) is 14.3. The zero-order valence-electron chi connectivity index (χ0n) is 11.9. The number of aryl methyl sites for hydroxylation is 1. The monoisotopic (exact) mass is 344 g/mol. The molecule has 21 heavy (non-hydrogen) atoms. The fourth-order valence-corrected chi connectivity index (χ4v) is 2.72. The number of fused-ring (bicyclic) bond motifs is 1. The SMILES string of the molecule is CNCCCc1ncc(-c2ccc3cc(Br)ccc3c2)o1. The summed E-state index contributed by atoms with van der Waals surface area (Å²) in [4.78, 5) is 4.36. The molecule has 4 heteroatoms. The summed E-state index contributed by atoms with van der Waals surface area (Å²) >= 11 is 3.50. The largest absolute Gasteiger partial charge is 0.441 e. The lowest BCUT2D eigenvalue weighted by atomic mass is 10.1. The third kappa shape index (κ3) is 3.34. The molecule has 2 aromatic carbocycles. The van der Waals surface area contributed by atoms with Crippen molar-refractivity contribution >= 4 is 26.7 Å². The van der Waals surface area contributed by atoms with Crippen molar-refractivity contribution in [2.75, 3.05) is 13.6 Å². The molecule has 1 N–H and O–H groups in total. The zero-order chi connectivity index (χ0) is 14.7. The van der Waals surface area contributed by atoms with Crippen LogP contribution in [0.1, 0.15) is 12.3 Å². The van der Waals surface area contributed by atoms with Crippen LogP contribution in [0.4, 0.5) is 0 Å². The summed E-state index contributed by atoms with van der Waals surface area (Å²) in [5.41, 5.74) is 1.07. The molecule has 0 aliphatic heterocycles. The molecular weight excluding hydrogens is 328 g/mol. The second kappa shape index (κ2) is 6.41. The van der Waals surface area contributed by atoms with E-state index in [1.54, 1.807) is 0 Å². The van der Waals surface area contributed by atoms with Crippen LogP contribution in [0.3, 0.4) is 0 Å². The average molecular weight is 345 g/mol. The molecule has 0 saturated carbocycles. The van der Waals surface area contributed by atoms with Crippen LogP contribution >= 0.6 is 15.9 Å². The van der Waals surface area contributed by atoms with Gasteiger partial charge in [0.05, 0.1) is 6.20 Å². The van der Waals surface area contributed by atoms with Gasteiger partial charge in [-0.05, 0) is 49.0 Å². The maximum Gasteiger partial charge on any atom is 0.194 e. The highest BCUT2D eigenvalue weighted by Gasteiger charge is 2.07. The second-order valence-corrected chi connectivity index (χ2v) is 5.95. The number of hydrogen-bond donors (Lipinski definition) is 1. The van der Waals surface area contributed by atoms with Gasteiger partial charge in [0.15, 0.2) is 11.7 Å². The molecule has 3 rings (SSSR count). The lowest BCUT2D eigenvalue weighted by molar-refractivity contribution is 0.495. The van der Waals surface area contributed by atoms with Crippen LogP contribution in [0.5, 0.6) is 0 Å². The first-order chi connectivity index (χ1) is 10.3. The summed E-state index contributed by atoms with van der Waals surface area (Å²) in [5, 5.41) is 5.54. The minimum atomic E-state index is 0.802. The Kier molecular flexibility index (Phi) is 4.36. The van der Waals surface area contributed by atoms with Crippen molar-refractivity contribution < 1.29 is 4.42 Å². The summed E-state index contributed by atoms with van der Waals surface area (Å²) in [7, 11) is 1.95. The van der Waals surface area contributed by atoms with Gasteiger partial charge in [-0.3, -0.25) is 0 Å². The third-order valence-corrected chi connectivity index (χ3v) is 3.95. The molecule has 0 radical (unpaired) electrons. The molecule has 3 nitrogen and oxygen atoms in total. The number of aromatic nitrogens is 1. The van der Waals surface area contributed by atoms with E-state index < -0.39 is 0 Å². The highest BCUT2D eigenvalue weighted by Crippen LogP contribution is 2.27. The fraction of sp³-hybridized carbons (Fsp3) is 0.235. The second-order valence-electron chi connectivity index (χ2n) is 5.03. The van der Waals surface area contributed by atoms with E-state index in [2.05, 4.69) is 62.6 Å². The molecule has 1 aromatic heterocycles. The van der Waals surface area contributed by atoms with E-state index in [1.165, 1.54) is 10.8 Å². The smallest absolute Gasteiger partial charge is 0.194 e. The number of rotatable bonds is 5. The van der Waals surface area contributed by atoms with Gasteiger partial charge in [0.1, 0.15) is 0 Å². The quantitative estimate of drug-likeness (QED) is 0.696. The minimum absolute atomic E-state index is 0.802. The van der Waals surface area contributed by atoms with Crippen LogP contribution in [0.15, 0.2) is 51.5 Å². The van der Waals surface area contributed by atoms with E-state index in [4.69, 9.17) is 4.42 Å². The predicted octanol–water partition coefficient (Wildman–Crippen LogP) is 4.41. The van der Waals surface area contributed by atoms with Crippen molar-refractivity contribution in [3.63, 3.8) is 0 Å². The first-order valence-electron chi connectivity index (χ1n) is 7.05. The Hall–Kier alpha value is -1.65. The molecule has 0 atom stereocenters. The molecule has 0 aliphatic carbocycles. The molecular formula is C17H17BrN2O. The summed E-state index contributed by atoms with van der Waals surface area (Å²) in [5.74, 6) is 1.63. The van der Waals surface area contributed by atoms with Crippen molar-refractivity contribution in [2.24, 2.45) is 0 Å². The number of nitrogens with one attached hydrogen (secondary N) is 1. The Morgan fingerprint density at radius 1 is 1.14 bits per heavy atom. The minimum Gasteiger partial charge on any atom is -0.441 e. The van der Waals surface area contributed by atoms with Crippen LogP contribution in [0.25, 0.3) is 22.1 Å². The van der Waals surface area contributed by atoms with Crippen LogP contribution in [0, 0.1) is 0 Å². The van der Waals surface area contributed by atoms with Crippen molar-refractivity contribution in [1.82, 2.24) is 10.3 Å². The van der Waals surface area contributed by atoms with Gasteiger partial charge in [-0.15, -0.1) is 0 Å². The highest BCUT2D eigenvalue weighted by atomic mass is 79.9. The summed E-state index contributed by atoms with van der Waals surface area (Å²) in [6, 6.07) is 12.6. The summed E-state index contributed by atoms with van der Waals surface area (Å²) in [6.07, 6.45) is 3.71. The van der Waals surface area contributed by atoms with E-state index in [9.17, 15) is 0 Å². The summed E-state index contributed by atoms with van der Waals surface area (Å²) in [6.45, 7) is 0.975. The fourth-order valence-electron chi connectivity index (χ4n) is 2.35. The number of halogens is 1. The lowest BCUT2D eigenvalue weighted by Crippen LogP contribution is -2.08. The van der Waals surface area contributed by atoms with Crippen molar-refractivity contribution in [3.8, 4) is 11.3 Å². The lowest BCUT2D eigenvalue weighted by Gasteiger charge is -2.02. The Balaban J connectivity index is 1.84. The van der Waals surface area contributed by atoms with Gasteiger partial charge in [-0.1, -0.05) is 34.1 Å². The molecule has 0 unspecified atom stereocenters. The van der Waals surface area contributed by atoms with E-state index in [1.807, 2.05) is 13.2 Å². The molecule has 108 valence electrons. The van der Waals surface area contributed by atoms with Gasteiger partial charge < -0.3 is 9.73 Å². The maximum atomic E-state index is 5.84. The molecule has 0 spiro atoms. The van der Waals surface area contributed by atoms with Crippen molar-refractivity contribution in [1.29, 1.82) is 0 Å². The molecule has 0 aliphatic rings. The number of hydrogen-bond acceptors (Lipinski definition) is 3. The number of benzene rings is 2. The maximum absolute atomic E-state index is 5.84. The van der Waals surface area contributed by atoms with Crippen LogP contribution in [0.2, 0.25) is 0 Å². The predicted molar refractivity (Wildman–Crippen MR) is 89.4 cm³/mol. The van der Waals surface area contributed by atoms with Gasteiger partial charge in [0.2, 0.25) is 0 Å². The molecule has 0 saturated heterocycles. The Bertz CT molecular complexity index is 751. The summed E-state index contributed by atoms with van der Waals surface area (Å²) < 4.78 is 6.93. The molecule has 0 amide bonds. The first-order valence-corrected chi connectivity index (χ1v) is 7.84. The third-order valence-electron chi connectivity index (χ3n) is 3.46. The molecule has 0 bridgehead atoms. The molecule has 3 aromatic rings. The van der Waals surface area contributed by atoms with Gasteiger partial charge in [0, 0.05) is 16.5 Å². The Morgan fingerprint density at radius 2 is 1.95 bits per heavy atom. The van der Waals surface area contributed by atoms with E-state index in [0.29, 0.717) is 0 Å². The van der Waals surface area contributed by atoms with Crippen LogP contribution < -0.4 is 5.32 Å². The number of oxazole rings is 1. The van der Waals surface area contributed by atoms with Crippen LogP contribution in [-0.2, 0) is 6.42 Å². The van der Waals surface area contributed by atoms with E-state index in [-0.39, 0.29) is 0 Å². The Morgan fingerprint density at radius 3 is 2.81 bits per heavy atom. The van der Waals surface area contributed by atoms with Crippen LogP contribution in [-0.4, -0.2) is 18.6 Å². The normalized spacial score (nSPS) is 11.1. The van der Waals surface area contributed by atoms with Gasteiger partial charge in [-0.25, -0.2) is 4.98 Å². The standard InChI is InChI=1S/C17H17BrN2O/c1-19-8-2-3-17-20-11-16(21-17)14-5-4-13-10-15(18)7-6-12(13)9-14/h4-7,9-11,19H,2-3,8H2,1H3. The van der Waals surface area contributed by atoms with Crippen molar-refractivity contribution in [3.05, 3.63) is 53.0 Å². The van der Waals surface area contributed by atoms with E-state index in [0.717, 1.165) is 41.1 Å². The van der Waals surface area contributed by atoms with Gasteiger partial charge >= 0.3 is 0 Å².